The number of carbonyl (C=O) groups excluding carboxylic acids is 1. The quantitative estimate of drug-likeness (QED) is 0.541. The maximum absolute atomic E-state index is 12.4. The van der Waals surface area contributed by atoms with Gasteiger partial charge in [0.15, 0.2) is 0 Å². The number of nitrogens with zero attached hydrogens (tertiary/aromatic N) is 2. The summed E-state index contributed by atoms with van der Waals surface area (Å²) in [6.45, 7) is 5.47. The molecule has 0 aliphatic rings. The molecule has 0 atom stereocenters. The number of nitrogens with one attached hydrogen (secondary N) is 1. The summed E-state index contributed by atoms with van der Waals surface area (Å²) < 4.78 is 7.15. The number of benzene rings is 1. The number of aromatic nitrogens is 3. The minimum absolute atomic E-state index is 0.267. The highest BCUT2D eigenvalue weighted by molar-refractivity contribution is 6.13. The van der Waals surface area contributed by atoms with Crippen molar-refractivity contribution in [1.29, 1.82) is 0 Å². The molecule has 25 heavy (non-hydrogen) atoms. The normalized spacial score (nSPS) is 13.2. The van der Waals surface area contributed by atoms with Gasteiger partial charge in [-0.25, -0.2) is 9.78 Å². The van der Waals surface area contributed by atoms with Gasteiger partial charge in [-0.3, -0.25) is 9.20 Å². The molecule has 0 fully saturated rings. The van der Waals surface area contributed by atoms with Gasteiger partial charge in [0.25, 0.3) is 5.56 Å². The van der Waals surface area contributed by atoms with Gasteiger partial charge in [0.05, 0.1) is 11.0 Å². The van der Waals surface area contributed by atoms with Gasteiger partial charge in [-0.15, -0.1) is 0 Å². The third-order valence-corrected chi connectivity index (χ3v) is 3.97. The Labute approximate surface area is 142 Å². The number of carbonyl (C=O) groups is 1. The number of hydrogen-bond donors (Lipinski definition) is 1. The Morgan fingerprint density at radius 1 is 1.24 bits per heavy atom. The maximum atomic E-state index is 12.4. The lowest BCUT2D eigenvalue weighted by Gasteiger charge is -2.17. The lowest BCUT2D eigenvalue weighted by molar-refractivity contribution is -0.146. The molecule has 6 nitrogen and oxygen atoms in total. The second-order valence-corrected chi connectivity index (χ2v) is 6.94. The van der Waals surface area contributed by atoms with Crippen LogP contribution in [-0.4, -0.2) is 25.9 Å². The fraction of sp³-hybridized carbons (Fsp3) is 0.211. The zero-order chi connectivity index (χ0) is 17.8. The van der Waals surface area contributed by atoms with Gasteiger partial charge in [-0.1, -0.05) is 24.3 Å². The summed E-state index contributed by atoms with van der Waals surface area (Å²) in [6, 6.07) is 7.64. The van der Waals surface area contributed by atoms with Crippen molar-refractivity contribution in [2.45, 2.75) is 26.4 Å². The summed E-state index contributed by atoms with van der Waals surface area (Å²) in [5.74, 6) is -0.426. The van der Waals surface area contributed by atoms with Gasteiger partial charge in [0.2, 0.25) is 5.65 Å². The second kappa shape index (κ2) is 5.17. The molecule has 0 amide bonds. The summed E-state index contributed by atoms with van der Waals surface area (Å²) in [4.78, 5) is 31.7. The molecule has 0 spiro atoms. The monoisotopic (exact) mass is 335 g/mol. The van der Waals surface area contributed by atoms with Crippen LogP contribution in [0.1, 0.15) is 20.8 Å². The molecule has 0 saturated heterocycles. The zero-order valence-corrected chi connectivity index (χ0v) is 14.2. The number of imidazole rings is 1. The average molecular weight is 335 g/mol. The van der Waals surface area contributed by atoms with E-state index in [0.29, 0.717) is 16.4 Å². The fourth-order valence-electron chi connectivity index (χ4n) is 3.12. The molecule has 0 bridgehead atoms. The Bertz CT molecular complexity index is 1240. The van der Waals surface area contributed by atoms with E-state index in [-0.39, 0.29) is 5.56 Å². The van der Waals surface area contributed by atoms with Crippen molar-refractivity contribution in [3.05, 3.63) is 52.2 Å². The van der Waals surface area contributed by atoms with Crippen LogP contribution < -0.4 is 10.8 Å². The van der Waals surface area contributed by atoms with Gasteiger partial charge >= 0.3 is 5.97 Å². The smallest absolute Gasteiger partial charge is 0.331 e. The Morgan fingerprint density at radius 2 is 1.96 bits per heavy atom. The van der Waals surface area contributed by atoms with Crippen LogP contribution in [0.25, 0.3) is 33.5 Å². The molecule has 0 unspecified atom stereocenters. The second-order valence-electron chi connectivity index (χ2n) is 6.94. The average Bonchev–Trinajstić information content (AvgIpc) is 3.10. The minimum Gasteiger partial charge on any atom is -0.457 e. The highest BCUT2D eigenvalue weighted by Gasteiger charge is 2.17. The number of H-pyrrole nitrogens is 1. The first-order valence-corrected chi connectivity index (χ1v) is 7.99. The lowest BCUT2D eigenvalue weighted by atomic mass is 10.2. The largest absolute Gasteiger partial charge is 0.457 e. The van der Waals surface area contributed by atoms with Crippen molar-refractivity contribution in [1.82, 2.24) is 14.4 Å². The number of hydrogen-bond acceptors (Lipinski definition) is 4. The van der Waals surface area contributed by atoms with Crippen LogP contribution >= 0.6 is 0 Å². The molecule has 0 aliphatic heterocycles. The Morgan fingerprint density at radius 3 is 2.68 bits per heavy atom. The summed E-state index contributed by atoms with van der Waals surface area (Å²) in [5, 5.41) is 2.46. The van der Waals surface area contributed by atoms with E-state index < -0.39 is 11.6 Å². The SMILES string of the molecule is CC(C)(C)OC(=O)/C=c1/c2ccccc2c2[nH]c(=O)c3nccn3c12. The van der Waals surface area contributed by atoms with Gasteiger partial charge in [-0.05, 0) is 26.2 Å². The van der Waals surface area contributed by atoms with E-state index in [1.54, 1.807) is 16.8 Å². The molecule has 126 valence electrons. The van der Waals surface area contributed by atoms with Gasteiger partial charge in [0, 0.05) is 29.1 Å². The van der Waals surface area contributed by atoms with Crippen LogP contribution in [0.2, 0.25) is 0 Å². The van der Waals surface area contributed by atoms with Gasteiger partial charge in [-0.2, -0.15) is 0 Å². The molecule has 6 heteroatoms. The number of rotatable bonds is 1. The summed E-state index contributed by atoms with van der Waals surface area (Å²) in [7, 11) is 0. The Kier molecular flexibility index (Phi) is 3.18. The van der Waals surface area contributed by atoms with E-state index >= 15 is 0 Å². The van der Waals surface area contributed by atoms with Gasteiger partial charge in [0.1, 0.15) is 5.60 Å². The van der Waals surface area contributed by atoms with Crippen LogP contribution in [0.15, 0.2) is 41.5 Å². The van der Waals surface area contributed by atoms with Crippen molar-refractivity contribution in [2.24, 2.45) is 0 Å². The van der Waals surface area contributed by atoms with E-state index in [0.717, 1.165) is 16.3 Å². The minimum atomic E-state index is -0.579. The first-order chi connectivity index (χ1) is 11.8. The first-order valence-electron chi connectivity index (χ1n) is 7.99. The topological polar surface area (TPSA) is 76.5 Å². The van der Waals surface area contributed by atoms with E-state index in [4.69, 9.17) is 4.74 Å². The third kappa shape index (κ3) is 2.46. The third-order valence-electron chi connectivity index (χ3n) is 3.97. The van der Waals surface area contributed by atoms with E-state index in [1.165, 1.54) is 6.08 Å². The molecule has 4 rings (SSSR count). The summed E-state index contributed by atoms with van der Waals surface area (Å²) >= 11 is 0. The molecule has 0 saturated carbocycles. The molecular formula is C19H17N3O3. The van der Waals surface area contributed by atoms with Crippen LogP contribution in [0.4, 0.5) is 0 Å². The van der Waals surface area contributed by atoms with E-state index in [2.05, 4.69) is 9.97 Å². The molecule has 0 aliphatic carbocycles. The van der Waals surface area contributed by atoms with E-state index in [1.807, 2.05) is 45.0 Å². The first kappa shape index (κ1) is 15.4. The number of ether oxygens (including phenoxy) is 1. The molecule has 2 aromatic heterocycles. The lowest BCUT2D eigenvalue weighted by Crippen LogP contribution is -2.24. The zero-order valence-electron chi connectivity index (χ0n) is 14.2. The predicted octanol–water partition coefficient (Wildman–Crippen LogP) is 2.17. The molecule has 4 aromatic rings. The number of aromatic amines is 1. The van der Waals surface area contributed by atoms with Crippen molar-refractivity contribution < 1.29 is 9.53 Å². The van der Waals surface area contributed by atoms with Crippen molar-refractivity contribution >= 4 is 39.5 Å². The van der Waals surface area contributed by atoms with Crippen molar-refractivity contribution in [2.75, 3.05) is 0 Å². The van der Waals surface area contributed by atoms with Crippen molar-refractivity contribution in [3.8, 4) is 0 Å². The molecule has 1 N–H and O–H groups in total. The molecular weight excluding hydrogens is 318 g/mol. The summed E-state index contributed by atoms with van der Waals surface area (Å²) in [6.07, 6.45) is 4.77. The maximum Gasteiger partial charge on any atom is 0.331 e. The molecule has 2 aromatic carbocycles. The van der Waals surface area contributed by atoms with E-state index in [9.17, 15) is 9.59 Å². The van der Waals surface area contributed by atoms with Crippen LogP contribution in [0.5, 0.6) is 0 Å². The fourth-order valence-corrected chi connectivity index (χ4v) is 3.12. The van der Waals surface area contributed by atoms with Crippen LogP contribution in [0, 0.1) is 0 Å². The Balaban J connectivity index is 2.16. The molecule has 2 heterocycles. The van der Waals surface area contributed by atoms with Gasteiger partial charge < -0.3 is 9.72 Å². The predicted molar refractivity (Wildman–Crippen MR) is 96.4 cm³/mol. The standard InChI is InChI=1S/C19H17N3O3/c1-19(2,3)25-14(23)10-13-11-6-4-5-7-12(11)15-16(13)22-9-8-20-17(22)18(24)21-15/h4-10H,1-3H3,(H,21,24)/b13-10-. The van der Waals surface area contributed by atoms with Crippen LogP contribution in [-0.2, 0) is 9.53 Å². The summed E-state index contributed by atoms with van der Waals surface area (Å²) in [5.41, 5.74) is 0.864. The molecule has 0 radical (unpaired) electrons. The van der Waals surface area contributed by atoms with Crippen LogP contribution in [0.3, 0.4) is 0 Å². The Hall–Kier alpha value is -3.15. The number of fused-ring (bicyclic) bond motifs is 5. The number of esters is 1. The van der Waals surface area contributed by atoms with Crippen molar-refractivity contribution in [3.63, 3.8) is 0 Å². The highest BCUT2D eigenvalue weighted by atomic mass is 16.6. The highest BCUT2D eigenvalue weighted by Crippen LogP contribution is 2.22.